The zero-order valence-corrected chi connectivity index (χ0v) is 10.5. The second kappa shape index (κ2) is 4.60. The average molecular weight is 240 g/mol. The second-order valence-corrected chi connectivity index (χ2v) is 4.93. The molecule has 3 nitrogen and oxygen atoms in total. The van der Waals surface area contributed by atoms with E-state index in [0.717, 1.165) is 17.9 Å². The number of nitrogens with two attached hydrogens (primary N) is 1. The number of pyridine rings is 1. The quantitative estimate of drug-likeness (QED) is 0.807. The Labute approximate surface area is 102 Å². The van der Waals surface area contributed by atoms with Crippen molar-refractivity contribution in [2.24, 2.45) is 5.73 Å². The average Bonchev–Trinajstić information content (AvgIpc) is 2.63. The van der Waals surface area contributed by atoms with Gasteiger partial charge in [0, 0.05) is 24.3 Å². The standard InChI is InChI=1S/C12H18ClN3/c1-8-4-3-5-16(8)10-6-11(9(2)14)15-12(13)7-10/h6-9H,3-5,14H2,1-2H3. The van der Waals surface area contributed by atoms with Crippen molar-refractivity contribution in [1.82, 2.24) is 4.98 Å². The van der Waals surface area contributed by atoms with Crippen LogP contribution in [0.5, 0.6) is 0 Å². The van der Waals surface area contributed by atoms with Gasteiger partial charge < -0.3 is 10.6 Å². The van der Waals surface area contributed by atoms with E-state index in [0.29, 0.717) is 11.2 Å². The van der Waals surface area contributed by atoms with Crippen LogP contribution in [-0.2, 0) is 0 Å². The molecule has 0 saturated carbocycles. The van der Waals surface area contributed by atoms with E-state index in [1.807, 2.05) is 13.0 Å². The molecule has 0 bridgehead atoms. The number of hydrogen-bond acceptors (Lipinski definition) is 3. The Hall–Kier alpha value is -0.800. The van der Waals surface area contributed by atoms with Crippen molar-refractivity contribution in [3.05, 3.63) is 23.0 Å². The van der Waals surface area contributed by atoms with E-state index in [-0.39, 0.29) is 6.04 Å². The summed E-state index contributed by atoms with van der Waals surface area (Å²) in [7, 11) is 0. The molecule has 16 heavy (non-hydrogen) atoms. The maximum absolute atomic E-state index is 6.03. The van der Waals surface area contributed by atoms with Crippen molar-refractivity contribution in [1.29, 1.82) is 0 Å². The Balaban J connectivity index is 2.33. The molecule has 2 rings (SSSR count). The van der Waals surface area contributed by atoms with Gasteiger partial charge in [-0.3, -0.25) is 0 Å². The summed E-state index contributed by atoms with van der Waals surface area (Å²) in [4.78, 5) is 6.62. The Morgan fingerprint density at radius 1 is 1.56 bits per heavy atom. The molecule has 1 aliphatic heterocycles. The van der Waals surface area contributed by atoms with Crippen LogP contribution in [0, 0.1) is 0 Å². The predicted molar refractivity (Wildman–Crippen MR) is 67.9 cm³/mol. The van der Waals surface area contributed by atoms with Crippen molar-refractivity contribution in [3.8, 4) is 0 Å². The van der Waals surface area contributed by atoms with Crippen LogP contribution in [0.15, 0.2) is 12.1 Å². The molecule has 4 heteroatoms. The predicted octanol–water partition coefficient (Wildman–Crippen LogP) is 2.74. The molecule has 1 aromatic heterocycles. The van der Waals surface area contributed by atoms with E-state index in [1.54, 1.807) is 0 Å². The normalized spacial score (nSPS) is 22.5. The monoisotopic (exact) mass is 239 g/mol. The minimum absolute atomic E-state index is 0.0737. The number of aromatic nitrogens is 1. The fraction of sp³-hybridized carbons (Fsp3) is 0.583. The van der Waals surface area contributed by atoms with Crippen LogP contribution in [0.3, 0.4) is 0 Å². The van der Waals surface area contributed by atoms with Crippen molar-refractivity contribution < 1.29 is 0 Å². The minimum Gasteiger partial charge on any atom is -0.369 e. The molecule has 2 unspecified atom stereocenters. The van der Waals surface area contributed by atoms with E-state index >= 15 is 0 Å². The first-order valence-electron chi connectivity index (χ1n) is 5.77. The van der Waals surface area contributed by atoms with Gasteiger partial charge in [-0.2, -0.15) is 0 Å². The number of anilines is 1. The molecule has 88 valence electrons. The number of nitrogens with zero attached hydrogens (tertiary/aromatic N) is 2. The molecule has 0 amide bonds. The lowest BCUT2D eigenvalue weighted by atomic mass is 10.2. The Bertz CT molecular complexity index is 379. The van der Waals surface area contributed by atoms with Gasteiger partial charge in [0.2, 0.25) is 0 Å². The van der Waals surface area contributed by atoms with Crippen LogP contribution >= 0.6 is 11.6 Å². The zero-order valence-electron chi connectivity index (χ0n) is 9.78. The lowest BCUT2D eigenvalue weighted by Crippen LogP contribution is -2.26. The Morgan fingerprint density at radius 2 is 2.31 bits per heavy atom. The number of hydrogen-bond donors (Lipinski definition) is 1. The summed E-state index contributed by atoms with van der Waals surface area (Å²) in [6.07, 6.45) is 2.49. The van der Waals surface area contributed by atoms with E-state index in [2.05, 4.69) is 22.9 Å². The highest BCUT2D eigenvalue weighted by Crippen LogP contribution is 2.28. The van der Waals surface area contributed by atoms with Gasteiger partial charge >= 0.3 is 0 Å². The van der Waals surface area contributed by atoms with Crippen molar-refractivity contribution in [3.63, 3.8) is 0 Å². The highest BCUT2D eigenvalue weighted by molar-refractivity contribution is 6.29. The van der Waals surface area contributed by atoms with Crippen LogP contribution in [0.1, 0.15) is 38.4 Å². The van der Waals surface area contributed by atoms with Gasteiger partial charge in [0.15, 0.2) is 0 Å². The maximum atomic E-state index is 6.03. The summed E-state index contributed by atoms with van der Waals surface area (Å²) >= 11 is 6.03. The first kappa shape index (κ1) is 11.7. The SMILES string of the molecule is CC(N)c1cc(N2CCCC2C)cc(Cl)n1. The van der Waals surface area contributed by atoms with E-state index < -0.39 is 0 Å². The van der Waals surface area contributed by atoms with Crippen LogP contribution in [0.25, 0.3) is 0 Å². The maximum Gasteiger partial charge on any atom is 0.131 e. The Morgan fingerprint density at radius 3 is 2.88 bits per heavy atom. The lowest BCUT2D eigenvalue weighted by Gasteiger charge is -2.24. The third-order valence-electron chi connectivity index (χ3n) is 3.15. The third kappa shape index (κ3) is 2.30. The van der Waals surface area contributed by atoms with Crippen LogP contribution < -0.4 is 10.6 Å². The van der Waals surface area contributed by atoms with Gasteiger partial charge in [0.1, 0.15) is 5.15 Å². The molecule has 0 aromatic carbocycles. The summed E-state index contributed by atoms with van der Waals surface area (Å²) in [6.45, 7) is 5.27. The molecule has 0 spiro atoms. The topological polar surface area (TPSA) is 42.1 Å². The highest BCUT2D eigenvalue weighted by Gasteiger charge is 2.21. The second-order valence-electron chi connectivity index (χ2n) is 4.55. The van der Waals surface area contributed by atoms with Crippen LogP contribution in [0.4, 0.5) is 5.69 Å². The fourth-order valence-electron chi connectivity index (χ4n) is 2.22. The number of halogens is 1. The first-order chi connectivity index (χ1) is 7.58. The van der Waals surface area contributed by atoms with Gasteiger partial charge in [-0.1, -0.05) is 11.6 Å². The van der Waals surface area contributed by atoms with Gasteiger partial charge in [0.25, 0.3) is 0 Å². The minimum atomic E-state index is -0.0737. The molecular weight excluding hydrogens is 222 g/mol. The molecule has 2 atom stereocenters. The molecule has 2 N–H and O–H groups in total. The van der Waals surface area contributed by atoms with Gasteiger partial charge in [-0.15, -0.1) is 0 Å². The molecule has 1 aliphatic rings. The smallest absolute Gasteiger partial charge is 0.131 e. The highest BCUT2D eigenvalue weighted by atomic mass is 35.5. The Kier molecular flexibility index (Phi) is 3.36. The summed E-state index contributed by atoms with van der Waals surface area (Å²) in [5.74, 6) is 0. The van der Waals surface area contributed by atoms with E-state index in [4.69, 9.17) is 17.3 Å². The van der Waals surface area contributed by atoms with Crippen LogP contribution in [-0.4, -0.2) is 17.6 Å². The van der Waals surface area contributed by atoms with E-state index in [1.165, 1.54) is 12.8 Å². The first-order valence-corrected chi connectivity index (χ1v) is 6.15. The van der Waals surface area contributed by atoms with Crippen LogP contribution in [0.2, 0.25) is 5.15 Å². The van der Waals surface area contributed by atoms with Crippen molar-refractivity contribution in [2.45, 2.75) is 38.8 Å². The van der Waals surface area contributed by atoms with Gasteiger partial charge in [0.05, 0.1) is 5.69 Å². The lowest BCUT2D eigenvalue weighted by molar-refractivity contribution is 0.729. The molecule has 2 heterocycles. The van der Waals surface area contributed by atoms with Gasteiger partial charge in [-0.05, 0) is 38.8 Å². The summed E-state index contributed by atoms with van der Waals surface area (Å²) in [6, 6.07) is 4.49. The summed E-state index contributed by atoms with van der Waals surface area (Å²) in [5, 5.41) is 0.531. The van der Waals surface area contributed by atoms with E-state index in [9.17, 15) is 0 Å². The largest absolute Gasteiger partial charge is 0.369 e. The van der Waals surface area contributed by atoms with Crippen molar-refractivity contribution >= 4 is 17.3 Å². The third-order valence-corrected chi connectivity index (χ3v) is 3.34. The molecule has 1 fully saturated rings. The summed E-state index contributed by atoms with van der Waals surface area (Å²) in [5.41, 5.74) is 7.86. The molecule has 0 radical (unpaired) electrons. The summed E-state index contributed by atoms with van der Waals surface area (Å²) < 4.78 is 0. The molecular formula is C12H18ClN3. The number of rotatable bonds is 2. The molecule has 1 saturated heterocycles. The molecule has 0 aliphatic carbocycles. The fourth-order valence-corrected chi connectivity index (χ4v) is 2.43. The zero-order chi connectivity index (χ0) is 11.7. The molecule has 1 aromatic rings. The van der Waals surface area contributed by atoms with Crippen molar-refractivity contribution in [2.75, 3.05) is 11.4 Å². The van der Waals surface area contributed by atoms with Gasteiger partial charge in [-0.25, -0.2) is 4.98 Å².